The fraction of sp³-hybridized carbons (Fsp3) is 1.00. The number of hydrogen-bond donors (Lipinski definition) is 1. The Kier molecular flexibility index (Phi) is 3.75. The summed E-state index contributed by atoms with van der Waals surface area (Å²) in [6, 6.07) is 0. The maximum absolute atomic E-state index is 6.75. The van der Waals surface area contributed by atoms with Crippen LogP contribution in [0.15, 0.2) is 0 Å². The lowest BCUT2D eigenvalue weighted by molar-refractivity contribution is 1.34. The molecule has 1 N–H and O–H groups in total. The van der Waals surface area contributed by atoms with Gasteiger partial charge in [-0.3, -0.25) is 4.91 Å². The zero-order valence-electron chi connectivity index (χ0n) is 3.26. The van der Waals surface area contributed by atoms with Gasteiger partial charge >= 0.3 is 0 Å². The van der Waals surface area contributed by atoms with Gasteiger partial charge in [0.05, 0.1) is 0 Å². The van der Waals surface area contributed by atoms with Gasteiger partial charge in [-0.25, -0.2) is 0 Å². The molecule has 0 unspecified atom stereocenters. The molecule has 0 aromatic rings. The summed E-state index contributed by atoms with van der Waals surface area (Å²) in [5.41, 5.74) is 13.5. The second kappa shape index (κ2) is 4.27. The van der Waals surface area contributed by atoms with Crippen LogP contribution in [0.3, 0.4) is 0 Å². The predicted octanol–water partition coefficient (Wildman–Crippen LogP) is 0.456. The number of rotatable bonds is 0. The summed E-state index contributed by atoms with van der Waals surface area (Å²) < 4.78 is 0. The highest BCUT2D eigenvalue weighted by atomic mass is 15.0. The van der Waals surface area contributed by atoms with Crippen LogP contribution in [-0.4, -0.2) is 13.1 Å². The van der Waals surface area contributed by atoms with Crippen molar-refractivity contribution in [3.8, 4) is 0 Å². The molecule has 0 aromatic carbocycles. The van der Waals surface area contributed by atoms with Crippen molar-refractivity contribution in [2.45, 2.75) is 0 Å². The molecule has 1 heterocycles. The third kappa shape index (κ3) is 231. The molecule has 0 aliphatic carbocycles. The first-order chi connectivity index (χ1) is 2.91. The Morgan fingerprint density at radius 1 is 1.33 bits per heavy atom. The van der Waals surface area contributed by atoms with Gasteiger partial charge in [-0.15, -0.1) is 0 Å². The SMILES string of the molecule is C1CN1.[N-]=[N+]=[N-]. The quantitative estimate of drug-likeness (QED) is 0.197. The first-order valence-electron chi connectivity index (χ1n) is 1.61. The molecule has 0 spiro atoms. The van der Waals surface area contributed by atoms with E-state index in [9.17, 15) is 0 Å². The van der Waals surface area contributed by atoms with Gasteiger partial charge in [0, 0.05) is 13.1 Å². The topological polar surface area (TPSA) is 80.6 Å². The van der Waals surface area contributed by atoms with E-state index in [0.29, 0.717) is 0 Å². The Bertz CT molecular complexity index is 47.8. The van der Waals surface area contributed by atoms with E-state index in [4.69, 9.17) is 11.1 Å². The summed E-state index contributed by atoms with van der Waals surface area (Å²) in [5, 5.41) is 3.00. The van der Waals surface area contributed by atoms with E-state index in [-0.39, 0.29) is 0 Å². The van der Waals surface area contributed by atoms with Crippen molar-refractivity contribution in [3.05, 3.63) is 16.0 Å². The molecule has 0 atom stereocenters. The molecular weight excluding hydrogens is 80.0 g/mol. The molecule has 6 heavy (non-hydrogen) atoms. The van der Waals surface area contributed by atoms with Gasteiger partial charge in [0.2, 0.25) is 0 Å². The van der Waals surface area contributed by atoms with Crippen LogP contribution in [0.2, 0.25) is 0 Å². The molecule has 1 rings (SSSR count). The zero-order chi connectivity index (χ0) is 4.83. The standard InChI is InChI=1S/C2H5N.N3/c1-2-3-1;1-3-2/h3H,1-2H2;/q;-1. The molecule has 0 amide bonds. The van der Waals surface area contributed by atoms with Gasteiger partial charge in [-0.1, -0.05) is 0 Å². The minimum absolute atomic E-state index is 1.25. The average molecular weight is 85.1 g/mol. The first kappa shape index (κ1) is 5.27. The minimum atomic E-state index is 1.25. The molecule has 0 radical (unpaired) electrons. The monoisotopic (exact) mass is 85.1 g/mol. The lowest BCUT2D eigenvalue weighted by Gasteiger charge is -1.31. The maximum Gasteiger partial charge on any atom is 0.00772 e. The molecule has 0 aromatic heterocycles. The lowest BCUT2D eigenvalue weighted by atomic mass is 11.0. The fourth-order valence-corrected chi connectivity index (χ4v) is 0. The van der Waals surface area contributed by atoms with Gasteiger partial charge in [-0.05, 0) is 0 Å². The van der Waals surface area contributed by atoms with Crippen LogP contribution in [0.4, 0.5) is 0 Å². The lowest BCUT2D eigenvalue weighted by Crippen LogP contribution is -1.56. The molecule has 1 fully saturated rings. The van der Waals surface area contributed by atoms with Crippen molar-refractivity contribution in [1.29, 1.82) is 0 Å². The summed E-state index contributed by atoms with van der Waals surface area (Å²) in [5.74, 6) is 0. The summed E-state index contributed by atoms with van der Waals surface area (Å²) in [6.07, 6.45) is 0. The smallest absolute Gasteiger partial charge is 0.00772 e. The summed E-state index contributed by atoms with van der Waals surface area (Å²) in [4.78, 5) is 1.50. The van der Waals surface area contributed by atoms with Crippen molar-refractivity contribution in [3.63, 3.8) is 0 Å². The molecule has 0 bridgehead atoms. The molecule has 4 nitrogen and oxygen atoms in total. The molecule has 1 aliphatic rings. The zero-order valence-corrected chi connectivity index (χ0v) is 3.26. The highest BCUT2D eigenvalue weighted by molar-refractivity contribution is 4.58. The molecular formula is C2H5N4-. The van der Waals surface area contributed by atoms with E-state index >= 15 is 0 Å². The summed E-state index contributed by atoms with van der Waals surface area (Å²) in [7, 11) is 0. The average Bonchev–Trinajstić information content (AvgIpc) is 2.11. The van der Waals surface area contributed by atoms with Crippen molar-refractivity contribution < 1.29 is 0 Å². The van der Waals surface area contributed by atoms with Crippen LogP contribution in [0.25, 0.3) is 16.0 Å². The van der Waals surface area contributed by atoms with Crippen molar-refractivity contribution in [2.24, 2.45) is 0 Å². The Morgan fingerprint density at radius 3 is 1.50 bits per heavy atom. The minimum Gasteiger partial charge on any atom is -0.373 e. The largest absolute Gasteiger partial charge is 0.373 e. The van der Waals surface area contributed by atoms with Gasteiger partial charge in [0.15, 0.2) is 0 Å². The highest BCUT2D eigenvalue weighted by Crippen LogP contribution is 1.65. The van der Waals surface area contributed by atoms with Crippen molar-refractivity contribution >= 4 is 0 Å². The van der Waals surface area contributed by atoms with E-state index in [1.165, 1.54) is 18.0 Å². The van der Waals surface area contributed by atoms with Crippen LogP contribution in [-0.2, 0) is 0 Å². The van der Waals surface area contributed by atoms with E-state index < -0.39 is 0 Å². The fourth-order valence-electron chi connectivity index (χ4n) is 0. The van der Waals surface area contributed by atoms with Gasteiger partial charge in [-0.2, -0.15) is 0 Å². The number of hydrogen-bond acceptors (Lipinski definition) is 1. The second-order valence-electron chi connectivity index (χ2n) is 0.839. The summed E-state index contributed by atoms with van der Waals surface area (Å²) >= 11 is 0. The Balaban J connectivity index is 0.0000000833. The van der Waals surface area contributed by atoms with Crippen LogP contribution < -0.4 is 5.32 Å². The Morgan fingerprint density at radius 2 is 1.50 bits per heavy atom. The number of nitrogens with zero attached hydrogens (tertiary/aromatic N) is 3. The molecule has 0 saturated carbocycles. The van der Waals surface area contributed by atoms with E-state index in [0.717, 1.165) is 0 Å². The van der Waals surface area contributed by atoms with Crippen LogP contribution >= 0.6 is 0 Å². The molecule has 34 valence electrons. The van der Waals surface area contributed by atoms with E-state index in [1.54, 1.807) is 0 Å². The van der Waals surface area contributed by atoms with E-state index in [2.05, 4.69) is 5.32 Å². The van der Waals surface area contributed by atoms with Crippen LogP contribution in [0.5, 0.6) is 0 Å². The third-order valence-electron chi connectivity index (χ3n) is 0.250. The maximum atomic E-state index is 6.75. The summed E-state index contributed by atoms with van der Waals surface area (Å²) in [6.45, 7) is 2.50. The normalized spacial score (nSPS) is 13.3. The predicted molar refractivity (Wildman–Crippen MR) is 22.9 cm³/mol. The Labute approximate surface area is 35.6 Å². The molecule has 1 aliphatic heterocycles. The number of nitrogens with one attached hydrogen (secondary N) is 1. The van der Waals surface area contributed by atoms with Gasteiger partial charge < -0.3 is 16.4 Å². The van der Waals surface area contributed by atoms with Gasteiger partial charge in [0.1, 0.15) is 0 Å². The van der Waals surface area contributed by atoms with Crippen LogP contribution in [0.1, 0.15) is 0 Å². The van der Waals surface area contributed by atoms with E-state index in [1.807, 2.05) is 0 Å². The third-order valence-corrected chi connectivity index (χ3v) is 0.250. The second-order valence-corrected chi connectivity index (χ2v) is 0.839. The van der Waals surface area contributed by atoms with Crippen molar-refractivity contribution in [2.75, 3.05) is 13.1 Å². The Hall–Kier alpha value is -0.730. The highest BCUT2D eigenvalue weighted by Gasteiger charge is 1.91. The van der Waals surface area contributed by atoms with Crippen LogP contribution in [0, 0.1) is 0 Å². The van der Waals surface area contributed by atoms with Gasteiger partial charge in [0.25, 0.3) is 0 Å². The van der Waals surface area contributed by atoms with Crippen molar-refractivity contribution in [1.82, 2.24) is 5.32 Å². The first-order valence-corrected chi connectivity index (χ1v) is 1.61. The molecule has 1 saturated heterocycles. The molecule has 4 heteroatoms.